The largest absolute Gasteiger partial charge is 0.375 e. The standard InChI is InChI=1S/C13H14BrF2N3/c1-7(10-6-19(3)18-8(10)2)17-13-11(14)4-9(15)5-12(13)16/h4-7,17H,1-3H3. The molecule has 6 heteroatoms. The molecule has 0 spiro atoms. The SMILES string of the molecule is Cc1nn(C)cc1C(C)Nc1c(F)cc(F)cc1Br. The normalized spacial score (nSPS) is 12.5. The van der Waals surface area contributed by atoms with E-state index in [1.54, 1.807) is 4.68 Å². The summed E-state index contributed by atoms with van der Waals surface area (Å²) in [4.78, 5) is 0. The molecule has 1 unspecified atom stereocenters. The predicted molar refractivity (Wildman–Crippen MR) is 74.0 cm³/mol. The van der Waals surface area contributed by atoms with Crippen molar-refractivity contribution in [2.24, 2.45) is 7.05 Å². The van der Waals surface area contributed by atoms with E-state index >= 15 is 0 Å². The second-order valence-corrected chi connectivity index (χ2v) is 5.31. The van der Waals surface area contributed by atoms with E-state index in [9.17, 15) is 8.78 Å². The van der Waals surface area contributed by atoms with Crippen LogP contribution < -0.4 is 5.32 Å². The molecule has 2 rings (SSSR count). The lowest BCUT2D eigenvalue weighted by Gasteiger charge is -2.16. The molecular formula is C13H14BrF2N3. The van der Waals surface area contributed by atoms with Crippen molar-refractivity contribution in [3.8, 4) is 0 Å². The summed E-state index contributed by atoms with van der Waals surface area (Å²) in [7, 11) is 1.83. The van der Waals surface area contributed by atoms with Crippen molar-refractivity contribution in [2.75, 3.05) is 5.32 Å². The van der Waals surface area contributed by atoms with E-state index in [1.807, 2.05) is 27.1 Å². The van der Waals surface area contributed by atoms with Crippen LogP contribution in [0.15, 0.2) is 22.8 Å². The summed E-state index contributed by atoms with van der Waals surface area (Å²) in [6.07, 6.45) is 1.88. The van der Waals surface area contributed by atoms with Gasteiger partial charge >= 0.3 is 0 Å². The zero-order chi connectivity index (χ0) is 14.2. The molecule has 0 saturated heterocycles. The summed E-state index contributed by atoms with van der Waals surface area (Å²) in [5.74, 6) is -1.24. The summed E-state index contributed by atoms with van der Waals surface area (Å²) < 4.78 is 28.8. The first-order valence-corrected chi connectivity index (χ1v) is 6.59. The van der Waals surface area contributed by atoms with Crippen LogP contribution in [0.1, 0.15) is 24.2 Å². The molecule has 1 heterocycles. The minimum atomic E-state index is -0.625. The van der Waals surface area contributed by atoms with Crippen LogP contribution in [-0.2, 0) is 7.05 Å². The molecule has 0 aliphatic carbocycles. The fourth-order valence-corrected chi connectivity index (χ4v) is 2.54. The van der Waals surface area contributed by atoms with Crippen molar-refractivity contribution in [3.63, 3.8) is 0 Å². The first-order valence-electron chi connectivity index (χ1n) is 5.79. The minimum Gasteiger partial charge on any atom is -0.375 e. The van der Waals surface area contributed by atoms with Gasteiger partial charge in [0.15, 0.2) is 0 Å². The van der Waals surface area contributed by atoms with Crippen molar-refractivity contribution in [3.05, 3.63) is 45.7 Å². The molecule has 1 aromatic carbocycles. The van der Waals surface area contributed by atoms with E-state index < -0.39 is 11.6 Å². The number of aryl methyl sites for hydroxylation is 2. The number of halogens is 3. The van der Waals surface area contributed by atoms with Gasteiger partial charge in [-0.25, -0.2) is 8.78 Å². The van der Waals surface area contributed by atoms with E-state index in [2.05, 4.69) is 26.3 Å². The molecule has 0 aliphatic heterocycles. The number of nitrogens with zero attached hydrogens (tertiary/aromatic N) is 2. The van der Waals surface area contributed by atoms with Crippen LogP contribution in [-0.4, -0.2) is 9.78 Å². The van der Waals surface area contributed by atoms with Gasteiger partial charge in [-0.15, -0.1) is 0 Å². The van der Waals surface area contributed by atoms with Crippen LogP contribution in [0, 0.1) is 18.6 Å². The van der Waals surface area contributed by atoms with E-state index in [4.69, 9.17) is 0 Å². The molecule has 1 N–H and O–H groups in total. The Hall–Kier alpha value is -1.43. The molecule has 0 amide bonds. The van der Waals surface area contributed by atoms with Crippen LogP contribution in [0.3, 0.4) is 0 Å². The molecule has 0 saturated carbocycles. The number of nitrogens with one attached hydrogen (secondary N) is 1. The van der Waals surface area contributed by atoms with Gasteiger partial charge in [-0.1, -0.05) is 0 Å². The van der Waals surface area contributed by atoms with E-state index in [1.165, 1.54) is 6.07 Å². The predicted octanol–water partition coefficient (Wildman–Crippen LogP) is 3.94. The second kappa shape index (κ2) is 5.28. The Morgan fingerprint density at radius 1 is 1.37 bits per heavy atom. The maximum atomic E-state index is 13.7. The molecule has 0 aliphatic rings. The van der Waals surface area contributed by atoms with Crippen molar-refractivity contribution < 1.29 is 8.78 Å². The molecule has 0 bridgehead atoms. The van der Waals surface area contributed by atoms with Gasteiger partial charge in [-0.05, 0) is 35.8 Å². The van der Waals surface area contributed by atoms with Gasteiger partial charge in [-0.2, -0.15) is 5.10 Å². The van der Waals surface area contributed by atoms with E-state index in [0.717, 1.165) is 17.3 Å². The Bertz CT molecular complexity index is 587. The van der Waals surface area contributed by atoms with Gasteiger partial charge < -0.3 is 5.32 Å². The molecule has 1 aromatic heterocycles. The van der Waals surface area contributed by atoms with Crippen LogP contribution >= 0.6 is 15.9 Å². The highest BCUT2D eigenvalue weighted by Gasteiger charge is 2.16. The van der Waals surface area contributed by atoms with Crippen molar-refractivity contribution >= 4 is 21.6 Å². The Balaban J connectivity index is 2.29. The molecule has 19 heavy (non-hydrogen) atoms. The zero-order valence-electron chi connectivity index (χ0n) is 10.8. The van der Waals surface area contributed by atoms with Crippen LogP contribution in [0.25, 0.3) is 0 Å². The van der Waals surface area contributed by atoms with Crippen LogP contribution in [0.4, 0.5) is 14.5 Å². The molecule has 1 atom stereocenters. The van der Waals surface area contributed by atoms with E-state index in [0.29, 0.717) is 4.47 Å². The highest BCUT2D eigenvalue weighted by molar-refractivity contribution is 9.10. The number of hydrogen-bond acceptors (Lipinski definition) is 2. The number of hydrogen-bond donors (Lipinski definition) is 1. The third kappa shape index (κ3) is 2.94. The molecule has 3 nitrogen and oxygen atoms in total. The zero-order valence-corrected chi connectivity index (χ0v) is 12.4. The second-order valence-electron chi connectivity index (χ2n) is 4.45. The Kier molecular flexibility index (Phi) is 3.89. The summed E-state index contributed by atoms with van der Waals surface area (Å²) in [6.45, 7) is 3.79. The highest BCUT2D eigenvalue weighted by Crippen LogP contribution is 2.30. The maximum absolute atomic E-state index is 13.7. The average molecular weight is 330 g/mol. The van der Waals surface area contributed by atoms with Crippen molar-refractivity contribution in [1.29, 1.82) is 0 Å². The molecule has 0 fully saturated rings. The summed E-state index contributed by atoms with van der Waals surface area (Å²) >= 11 is 3.16. The topological polar surface area (TPSA) is 29.9 Å². The van der Waals surface area contributed by atoms with Gasteiger partial charge in [-0.3, -0.25) is 4.68 Å². The fourth-order valence-electron chi connectivity index (χ4n) is 2.02. The molecule has 2 aromatic rings. The van der Waals surface area contributed by atoms with E-state index in [-0.39, 0.29) is 11.7 Å². The van der Waals surface area contributed by atoms with Crippen molar-refractivity contribution in [2.45, 2.75) is 19.9 Å². The summed E-state index contributed by atoms with van der Waals surface area (Å²) in [5.41, 5.74) is 2.09. The highest BCUT2D eigenvalue weighted by atomic mass is 79.9. The van der Waals surface area contributed by atoms with Gasteiger partial charge in [0.2, 0.25) is 0 Å². The lowest BCUT2D eigenvalue weighted by molar-refractivity contribution is 0.582. The Morgan fingerprint density at radius 2 is 2.05 bits per heavy atom. The third-order valence-corrected chi connectivity index (χ3v) is 3.51. The van der Waals surface area contributed by atoms with Crippen LogP contribution in [0.5, 0.6) is 0 Å². The Morgan fingerprint density at radius 3 is 2.58 bits per heavy atom. The number of aromatic nitrogens is 2. The maximum Gasteiger partial charge on any atom is 0.150 e. The molecular weight excluding hydrogens is 316 g/mol. The molecule has 0 radical (unpaired) electrons. The van der Waals surface area contributed by atoms with Gasteiger partial charge in [0.25, 0.3) is 0 Å². The lowest BCUT2D eigenvalue weighted by atomic mass is 10.1. The van der Waals surface area contributed by atoms with Crippen LogP contribution in [0.2, 0.25) is 0 Å². The third-order valence-electron chi connectivity index (χ3n) is 2.89. The van der Waals surface area contributed by atoms with Gasteiger partial charge in [0.05, 0.1) is 17.4 Å². The monoisotopic (exact) mass is 329 g/mol. The lowest BCUT2D eigenvalue weighted by Crippen LogP contribution is -2.09. The first-order chi connectivity index (χ1) is 8.88. The fraction of sp³-hybridized carbons (Fsp3) is 0.308. The first kappa shape index (κ1) is 14.0. The number of rotatable bonds is 3. The van der Waals surface area contributed by atoms with Crippen molar-refractivity contribution in [1.82, 2.24) is 9.78 Å². The smallest absolute Gasteiger partial charge is 0.150 e. The van der Waals surface area contributed by atoms with Gasteiger partial charge in [0.1, 0.15) is 11.6 Å². The quantitative estimate of drug-likeness (QED) is 0.924. The molecule has 102 valence electrons. The summed E-state index contributed by atoms with van der Waals surface area (Å²) in [5, 5.41) is 7.28. The minimum absolute atomic E-state index is 0.134. The average Bonchev–Trinajstić information content (AvgIpc) is 2.62. The number of benzene rings is 1. The van der Waals surface area contributed by atoms with Gasteiger partial charge in [0, 0.05) is 29.3 Å². The Labute approximate surface area is 118 Å². The number of anilines is 1. The summed E-state index contributed by atoms with van der Waals surface area (Å²) in [6, 6.07) is 1.95.